The topological polar surface area (TPSA) is 124 Å². The Balaban J connectivity index is 1.20. The van der Waals surface area contributed by atoms with Crippen molar-refractivity contribution in [1.29, 1.82) is 0 Å². The van der Waals surface area contributed by atoms with Crippen molar-refractivity contribution >= 4 is 11.8 Å². The van der Waals surface area contributed by atoms with E-state index in [1.807, 2.05) is 59.4 Å². The van der Waals surface area contributed by atoms with Crippen molar-refractivity contribution in [1.82, 2.24) is 34.7 Å². The number of benzene rings is 2. The van der Waals surface area contributed by atoms with Crippen molar-refractivity contribution < 1.29 is 19.1 Å². The van der Waals surface area contributed by atoms with E-state index in [1.165, 1.54) is 15.5 Å². The first-order chi connectivity index (χ1) is 21.9. The van der Waals surface area contributed by atoms with Crippen LogP contribution in [0, 0.1) is 5.92 Å². The molecule has 234 valence electrons. The van der Waals surface area contributed by atoms with E-state index in [-0.39, 0.29) is 43.1 Å². The van der Waals surface area contributed by atoms with E-state index in [0.29, 0.717) is 49.9 Å². The summed E-state index contributed by atoms with van der Waals surface area (Å²) in [6.07, 6.45) is 3.79. The number of aromatic nitrogens is 4. The summed E-state index contributed by atoms with van der Waals surface area (Å²) in [7, 11) is 3.26. The number of nitrogens with one attached hydrogen (secondary N) is 1. The summed E-state index contributed by atoms with van der Waals surface area (Å²) in [6, 6.07) is 19.1. The molecule has 45 heavy (non-hydrogen) atoms. The summed E-state index contributed by atoms with van der Waals surface area (Å²) < 4.78 is 15.0. The van der Waals surface area contributed by atoms with Crippen molar-refractivity contribution in [2.24, 2.45) is 5.92 Å². The molecule has 4 aromatic rings. The van der Waals surface area contributed by atoms with Gasteiger partial charge in [0.15, 0.2) is 11.5 Å². The summed E-state index contributed by atoms with van der Waals surface area (Å²) in [5.74, 6) is 0.835. The normalized spacial score (nSPS) is 19.2. The van der Waals surface area contributed by atoms with Crippen LogP contribution in [-0.4, -0.2) is 81.5 Å². The average Bonchev–Trinajstić information content (AvgIpc) is 3.67. The molecule has 2 amide bonds. The highest BCUT2D eigenvalue weighted by atomic mass is 16.5. The minimum Gasteiger partial charge on any atom is -0.493 e. The van der Waals surface area contributed by atoms with Crippen LogP contribution in [0.15, 0.2) is 77.9 Å². The van der Waals surface area contributed by atoms with Gasteiger partial charge in [0.25, 0.3) is 11.5 Å². The quantitative estimate of drug-likeness (QED) is 0.353. The second kappa shape index (κ2) is 13.3. The number of hydrogen-bond acceptors (Lipinski definition) is 8. The average molecular weight is 612 g/mol. The largest absolute Gasteiger partial charge is 0.493 e. The second-order valence-electron chi connectivity index (χ2n) is 11.6. The summed E-state index contributed by atoms with van der Waals surface area (Å²) in [5.41, 5.74) is 2.42. The lowest BCUT2D eigenvalue weighted by Gasteiger charge is -2.20. The maximum absolute atomic E-state index is 13.1. The Hall–Kier alpha value is -4.97. The predicted octanol–water partition coefficient (Wildman–Crippen LogP) is 2.34. The van der Waals surface area contributed by atoms with Gasteiger partial charge in [-0.05, 0) is 35.4 Å². The van der Waals surface area contributed by atoms with Crippen molar-refractivity contribution in [3.63, 3.8) is 0 Å². The van der Waals surface area contributed by atoms with Gasteiger partial charge in [-0.25, -0.2) is 4.68 Å². The zero-order valence-corrected chi connectivity index (χ0v) is 25.5. The number of amides is 2. The summed E-state index contributed by atoms with van der Waals surface area (Å²) in [4.78, 5) is 42.9. The van der Waals surface area contributed by atoms with E-state index >= 15 is 0 Å². The highest BCUT2D eigenvalue weighted by Gasteiger charge is 2.36. The Morgan fingerprint density at radius 2 is 1.82 bits per heavy atom. The predicted molar refractivity (Wildman–Crippen MR) is 166 cm³/mol. The lowest BCUT2D eigenvalue weighted by Crippen LogP contribution is -2.39. The molecule has 4 heterocycles. The molecule has 0 saturated carbocycles. The van der Waals surface area contributed by atoms with Crippen LogP contribution in [0.25, 0.3) is 0 Å². The number of nitrogens with zero attached hydrogens (tertiary/aromatic N) is 6. The number of carbonyl (C=O) groups excluding carboxylic acids is 2. The fourth-order valence-electron chi connectivity index (χ4n) is 6.02. The van der Waals surface area contributed by atoms with E-state index in [0.717, 1.165) is 11.1 Å². The molecule has 1 N–H and O–H groups in total. The third-order valence-electron chi connectivity index (χ3n) is 8.40. The van der Waals surface area contributed by atoms with Gasteiger partial charge in [-0.15, -0.1) is 5.10 Å². The molecule has 12 nitrogen and oxygen atoms in total. The molecule has 4 bridgehead atoms. The van der Waals surface area contributed by atoms with Crippen LogP contribution in [0.5, 0.6) is 11.5 Å². The number of fused-ring (bicyclic) bond motifs is 6. The number of likely N-dealkylation sites (tertiary alicyclic amines) is 1. The third kappa shape index (κ3) is 6.91. The molecule has 0 spiro atoms. The number of hydrogen-bond donors (Lipinski definition) is 1. The molecule has 1 saturated heterocycles. The monoisotopic (exact) mass is 611 g/mol. The van der Waals surface area contributed by atoms with Gasteiger partial charge in [-0.3, -0.25) is 19.3 Å². The van der Waals surface area contributed by atoms with E-state index in [1.54, 1.807) is 26.4 Å². The second-order valence-corrected chi connectivity index (χ2v) is 11.6. The van der Waals surface area contributed by atoms with Crippen molar-refractivity contribution in [2.75, 3.05) is 40.3 Å². The molecule has 12 heteroatoms. The van der Waals surface area contributed by atoms with Crippen LogP contribution in [0.2, 0.25) is 0 Å². The number of methoxy groups -OCH3 is 1. The Morgan fingerprint density at radius 3 is 2.64 bits per heavy atom. The molecule has 2 aromatic heterocycles. The van der Waals surface area contributed by atoms with Gasteiger partial charge in [-0.1, -0.05) is 41.6 Å². The van der Waals surface area contributed by atoms with Crippen LogP contribution in [-0.2, 0) is 24.5 Å². The summed E-state index contributed by atoms with van der Waals surface area (Å²) in [5, 5.41) is 11.7. The molecule has 0 radical (unpaired) electrons. The molecular weight excluding hydrogens is 574 g/mol. The lowest BCUT2D eigenvalue weighted by atomic mass is 9.99. The lowest BCUT2D eigenvalue weighted by molar-refractivity contribution is -0.122. The zero-order valence-electron chi connectivity index (χ0n) is 25.5. The number of carbonyl (C=O) groups is 2. The number of pyridine rings is 1. The Labute approximate surface area is 261 Å². The van der Waals surface area contributed by atoms with Gasteiger partial charge in [-0.2, -0.15) is 0 Å². The zero-order chi connectivity index (χ0) is 31.3. The highest BCUT2D eigenvalue weighted by Crippen LogP contribution is 2.33. The van der Waals surface area contributed by atoms with E-state index < -0.39 is 11.5 Å². The molecule has 2 atom stereocenters. The van der Waals surface area contributed by atoms with E-state index in [4.69, 9.17) is 9.47 Å². The molecule has 2 aliphatic rings. The van der Waals surface area contributed by atoms with E-state index in [2.05, 4.69) is 20.5 Å². The SMILES string of the molecule is COc1cc(CN2C[C@@H]3CC(=O)NCCN(C)C(=O)c4cccn(c4=O)Cc4cn(nn4)[C@@H]3C2)ccc1OCc1ccccc1. The van der Waals surface area contributed by atoms with Gasteiger partial charge in [0, 0.05) is 58.3 Å². The molecule has 0 unspecified atom stereocenters. The fourth-order valence-corrected chi connectivity index (χ4v) is 6.02. The Bertz CT molecular complexity index is 1720. The molecule has 0 aliphatic carbocycles. The molecule has 2 aliphatic heterocycles. The number of ether oxygens (including phenoxy) is 2. The van der Waals surface area contributed by atoms with Crippen molar-refractivity contribution in [3.8, 4) is 11.5 Å². The van der Waals surface area contributed by atoms with E-state index in [9.17, 15) is 14.4 Å². The van der Waals surface area contributed by atoms with Gasteiger partial charge in [0.2, 0.25) is 5.91 Å². The maximum atomic E-state index is 13.1. The first-order valence-electron chi connectivity index (χ1n) is 15.1. The summed E-state index contributed by atoms with van der Waals surface area (Å²) in [6.45, 7) is 3.21. The molecule has 1 fully saturated rings. The van der Waals surface area contributed by atoms with Crippen LogP contribution in [0.4, 0.5) is 0 Å². The number of rotatable bonds is 6. The standard InChI is InChI=1S/C33H37N7O5/c1-37-14-12-34-31(41)16-25-18-38(17-24-10-11-29(30(15-24)44-2)45-22-23-7-4-3-5-8-23)21-28(25)40-20-26(35-36-40)19-39-13-6-9-27(32(37)42)33(39)43/h3-11,13,15,20,25,28H,12,14,16-19,21-22H2,1-2H3,(H,34,41)/t25-,28+/m0/s1. The minimum absolute atomic E-state index is 0.0201. The molecule has 2 aromatic carbocycles. The number of likely N-dealkylation sites (N-methyl/N-ethyl adjacent to an activating group) is 1. The first-order valence-corrected chi connectivity index (χ1v) is 15.1. The van der Waals surface area contributed by atoms with Gasteiger partial charge >= 0.3 is 0 Å². The molecule has 6 rings (SSSR count). The summed E-state index contributed by atoms with van der Waals surface area (Å²) >= 11 is 0. The van der Waals surface area contributed by atoms with Crippen LogP contribution < -0.4 is 20.3 Å². The highest BCUT2D eigenvalue weighted by molar-refractivity contribution is 5.93. The van der Waals surface area contributed by atoms with Crippen LogP contribution >= 0.6 is 0 Å². The van der Waals surface area contributed by atoms with Crippen LogP contribution in [0.3, 0.4) is 0 Å². The van der Waals surface area contributed by atoms with Crippen LogP contribution in [0.1, 0.15) is 39.6 Å². The smallest absolute Gasteiger partial charge is 0.263 e. The maximum Gasteiger partial charge on any atom is 0.263 e. The molecular formula is C33H37N7O5. The van der Waals surface area contributed by atoms with Gasteiger partial charge < -0.3 is 24.3 Å². The van der Waals surface area contributed by atoms with Crippen molar-refractivity contribution in [2.45, 2.75) is 32.2 Å². The third-order valence-corrected chi connectivity index (χ3v) is 8.40. The van der Waals surface area contributed by atoms with Gasteiger partial charge in [0.1, 0.15) is 17.9 Å². The van der Waals surface area contributed by atoms with Crippen molar-refractivity contribution in [3.05, 3.63) is 106 Å². The Morgan fingerprint density at radius 1 is 0.978 bits per heavy atom. The fraction of sp³-hybridized carbons (Fsp3) is 0.364. The Kier molecular flexibility index (Phi) is 8.92. The van der Waals surface area contributed by atoms with Gasteiger partial charge in [0.05, 0.1) is 25.9 Å². The minimum atomic E-state index is -0.392. The first kappa shape index (κ1) is 30.1.